The van der Waals surface area contributed by atoms with Gasteiger partial charge in [0.05, 0.1) is 12.1 Å². The second-order valence-corrected chi connectivity index (χ2v) is 7.47. The van der Waals surface area contributed by atoms with E-state index in [-0.39, 0.29) is 12.7 Å². The molecule has 0 aliphatic carbocycles. The number of carbonyl (C=O) groups is 1. The highest BCUT2D eigenvalue weighted by atomic mass is 16.7. The van der Waals surface area contributed by atoms with Crippen LogP contribution >= 0.6 is 0 Å². The van der Waals surface area contributed by atoms with Crippen LogP contribution in [0.1, 0.15) is 41.5 Å². The smallest absolute Gasteiger partial charge is 0.253 e. The van der Waals surface area contributed by atoms with Crippen molar-refractivity contribution in [3.63, 3.8) is 0 Å². The Balaban J connectivity index is 1.37. The monoisotopic (exact) mass is 408 g/mol. The molecular formula is C22H24N4O4. The largest absolute Gasteiger partial charge is 0.454 e. The molecule has 2 aromatic carbocycles. The van der Waals surface area contributed by atoms with Crippen LogP contribution in [-0.4, -0.2) is 22.8 Å². The first-order valence-corrected chi connectivity index (χ1v) is 9.89. The number of nitrogens with zero attached hydrogens (tertiary/aromatic N) is 2. The predicted molar refractivity (Wildman–Crippen MR) is 110 cm³/mol. The van der Waals surface area contributed by atoms with Crippen LogP contribution in [0, 0.1) is 5.92 Å². The fourth-order valence-corrected chi connectivity index (χ4v) is 3.14. The zero-order valence-electron chi connectivity index (χ0n) is 17.0. The predicted octanol–water partition coefficient (Wildman–Crippen LogP) is 3.54. The van der Waals surface area contributed by atoms with E-state index >= 15 is 0 Å². The summed E-state index contributed by atoms with van der Waals surface area (Å²) < 4.78 is 16.0. The standard InChI is InChI=1S/C22H24N4O4/c1-14(2)9-20-25-21(30-26-20)12-23-17-6-4-3-5-16(17)22(27)24-11-15-7-8-18-19(10-15)29-13-28-18/h3-8,10,14,23H,9,11-13H2,1-2H3,(H,24,27). The number of anilines is 1. The van der Waals surface area contributed by atoms with Crippen LogP contribution in [0.2, 0.25) is 0 Å². The second-order valence-electron chi connectivity index (χ2n) is 7.47. The molecule has 4 rings (SSSR count). The lowest BCUT2D eigenvalue weighted by Gasteiger charge is -2.11. The van der Waals surface area contributed by atoms with Crippen LogP contribution in [0.25, 0.3) is 0 Å². The van der Waals surface area contributed by atoms with E-state index in [1.165, 1.54) is 0 Å². The summed E-state index contributed by atoms with van der Waals surface area (Å²) in [6.45, 7) is 5.16. The van der Waals surface area contributed by atoms with Crippen molar-refractivity contribution in [3.8, 4) is 11.5 Å². The van der Waals surface area contributed by atoms with Crippen LogP contribution in [0.3, 0.4) is 0 Å². The Morgan fingerprint density at radius 1 is 1.10 bits per heavy atom. The molecule has 1 aromatic heterocycles. The molecule has 0 radical (unpaired) electrons. The zero-order valence-corrected chi connectivity index (χ0v) is 17.0. The number of nitrogens with one attached hydrogen (secondary N) is 2. The number of benzene rings is 2. The van der Waals surface area contributed by atoms with Crippen molar-refractivity contribution >= 4 is 11.6 Å². The number of amides is 1. The number of hydrogen-bond acceptors (Lipinski definition) is 7. The Bertz CT molecular complexity index is 1030. The van der Waals surface area contributed by atoms with Crippen LogP contribution in [-0.2, 0) is 19.5 Å². The summed E-state index contributed by atoms with van der Waals surface area (Å²) in [6.07, 6.45) is 0.766. The molecule has 2 N–H and O–H groups in total. The Kier molecular flexibility index (Phi) is 5.83. The Morgan fingerprint density at radius 3 is 2.80 bits per heavy atom. The molecule has 2 heterocycles. The number of hydrogen-bond donors (Lipinski definition) is 2. The first kappa shape index (κ1) is 19.8. The highest BCUT2D eigenvalue weighted by molar-refractivity contribution is 5.99. The van der Waals surface area contributed by atoms with E-state index in [4.69, 9.17) is 14.0 Å². The van der Waals surface area contributed by atoms with Gasteiger partial charge in [-0.15, -0.1) is 0 Å². The van der Waals surface area contributed by atoms with E-state index in [1.54, 1.807) is 6.07 Å². The number of rotatable bonds is 8. The molecule has 0 saturated carbocycles. The molecule has 0 atom stereocenters. The van der Waals surface area contributed by atoms with E-state index in [9.17, 15) is 4.79 Å². The number of para-hydroxylation sites is 1. The normalized spacial score (nSPS) is 12.2. The zero-order chi connectivity index (χ0) is 20.9. The van der Waals surface area contributed by atoms with Crippen molar-refractivity contribution in [3.05, 3.63) is 65.3 Å². The maximum Gasteiger partial charge on any atom is 0.253 e. The van der Waals surface area contributed by atoms with Crippen molar-refractivity contribution in [2.24, 2.45) is 5.92 Å². The van der Waals surface area contributed by atoms with Crippen LogP contribution < -0.4 is 20.1 Å². The van der Waals surface area contributed by atoms with Crippen molar-refractivity contribution < 1.29 is 18.8 Å². The molecule has 1 aliphatic rings. The quantitative estimate of drug-likeness (QED) is 0.588. The molecule has 1 aliphatic heterocycles. The SMILES string of the molecule is CC(C)Cc1noc(CNc2ccccc2C(=O)NCc2ccc3c(c2)OCO3)n1. The third-order valence-electron chi connectivity index (χ3n) is 4.59. The van der Waals surface area contributed by atoms with Gasteiger partial charge in [-0.3, -0.25) is 4.79 Å². The molecule has 0 fully saturated rings. The third-order valence-corrected chi connectivity index (χ3v) is 4.59. The number of ether oxygens (including phenoxy) is 2. The lowest BCUT2D eigenvalue weighted by molar-refractivity contribution is 0.0951. The Morgan fingerprint density at radius 2 is 1.93 bits per heavy atom. The maximum atomic E-state index is 12.8. The van der Waals surface area contributed by atoms with Gasteiger partial charge in [0, 0.05) is 18.7 Å². The average molecular weight is 408 g/mol. The first-order chi connectivity index (χ1) is 14.6. The van der Waals surface area contributed by atoms with Gasteiger partial charge >= 0.3 is 0 Å². The van der Waals surface area contributed by atoms with E-state index < -0.39 is 0 Å². The van der Waals surface area contributed by atoms with Crippen molar-refractivity contribution in [2.75, 3.05) is 12.1 Å². The molecule has 1 amide bonds. The summed E-state index contributed by atoms with van der Waals surface area (Å²) in [7, 11) is 0. The number of aromatic nitrogens is 2. The first-order valence-electron chi connectivity index (χ1n) is 9.89. The van der Waals surface area contributed by atoms with Crippen LogP contribution in [0.15, 0.2) is 47.0 Å². The van der Waals surface area contributed by atoms with Crippen LogP contribution in [0.4, 0.5) is 5.69 Å². The third kappa shape index (κ3) is 4.71. The number of carbonyl (C=O) groups excluding carboxylic acids is 1. The highest BCUT2D eigenvalue weighted by Crippen LogP contribution is 2.32. The summed E-state index contributed by atoms with van der Waals surface area (Å²) in [5, 5.41) is 10.1. The highest BCUT2D eigenvalue weighted by Gasteiger charge is 2.15. The fraction of sp³-hybridized carbons (Fsp3) is 0.318. The lowest BCUT2D eigenvalue weighted by Crippen LogP contribution is -2.24. The second kappa shape index (κ2) is 8.86. The van der Waals surface area contributed by atoms with Gasteiger partial charge in [0.2, 0.25) is 12.7 Å². The minimum atomic E-state index is -0.179. The van der Waals surface area contributed by atoms with Gasteiger partial charge in [-0.25, -0.2) is 0 Å². The average Bonchev–Trinajstić information content (AvgIpc) is 3.39. The van der Waals surface area contributed by atoms with Gasteiger partial charge in [0.1, 0.15) is 0 Å². The fourth-order valence-electron chi connectivity index (χ4n) is 3.14. The van der Waals surface area contributed by atoms with Gasteiger partial charge in [-0.05, 0) is 35.7 Å². The summed E-state index contributed by atoms with van der Waals surface area (Å²) in [4.78, 5) is 17.1. The van der Waals surface area contributed by atoms with Gasteiger partial charge in [0.15, 0.2) is 17.3 Å². The van der Waals surface area contributed by atoms with E-state index in [2.05, 4.69) is 34.6 Å². The minimum absolute atomic E-state index is 0.179. The molecule has 0 bridgehead atoms. The topological polar surface area (TPSA) is 98.5 Å². The lowest BCUT2D eigenvalue weighted by atomic mass is 10.1. The summed E-state index contributed by atoms with van der Waals surface area (Å²) >= 11 is 0. The molecule has 30 heavy (non-hydrogen) atoms. The maximum absolute atomic E-state index is 12.8. The summed E-state index contributed by atoms with van der Waals surface area (Å²) in [5.41, 5.74) is 2.17. The van der Waals surface area contributed by atoms with E-state index in [0.717, 1.165) is 17.7 Å². The Hall–Kier alpha value is -3.55. The molecule has 8 nitrogen and oxygen atoms in total. The van der Waals surface area contributed by atoms with Crippen molar-refractivity contribution in [1.82, 2.24) is 15.5 Å². The van der Waals surface area contributed by atoms with Gasteiger partial charge in [-0.2, -0.15) is 4.98 Å². The molecule has 0 unspecified atom stereocenters. The summed E-state index contributed by atoms with van der Waals surface area (Å²) in [6, 6.07) is 12.9. The molecule has 0 spiro atoms. The summed E-state index contributed by atoms with van der Waals surface area (Å²) in [5.74, 6) is 2.87. The molecular weight excluding hydrogens is 384 g/mol. The molecule has 8 heteroatoms. The van der Waals surface area contributed by atoms with Gasteiger partial charge < -0.3 is 24.6 Å². The Labute approximate surface area is 174 Å². The van der Waals surface area contributed by atoms with Gasteiger partial charge in [-0.1, -0.05) is 37.2 Å². The molecule has 156 valence electrons. The van der Waals surface area contributed by atoms with Crippen molar-refractivity contribution in [2.45, 2.75) is 33.4 Å². The number of fused-ring (bicyclic) bond motifs is 1. The molecule has 0 saturated heterocycles. The minimum Gasteiger partial charge on any atom is -0.454 e. The van der Waals surface area contributed by atoms with Crippen LogP contribution in [0.5, 0.6) is 11.5 Å². The van der Waals surface area contributed by atoms with Gasteiger partial charge in [0.25, 0.3) is 5.91 Å². The van der Waals surface area contributed by atoms with Crippen molar-refractivity contribution in [1.29, 1.82) is 0 Å². The van der Waals surface area contributed by atoms with E-state index in [1.807, 2.05) is 36.4 Å². The molecule has 3 aromatic rings. The van der Waals surface area contributed by atoms with E-state index in [0.29, 0.717) is 47.7 Å².